The number of benzene rings is 3. The number of rotatable bonds is 7. The number of ether oxygens (including phenoxy) is 1. The largest absolute Gasteiger partial charge is 0.457 e. The first-order valence-corrected chi connectivity index (χ1v) is 11.1. The van der Waals surface area contributed by atoms with Crippen molar-refractivity contribution in [1.82, 2.24) is 19.7 Å². The minimum absolute atomic E-state index is 0.282. The van der Waals surface area contributed by atoms with Gasteiger partial charge in [0.1, 0.15) is 29.0 Å². The molecule has 178 valence electrons. The Morgan fingerprint density at radius 2 is 1.67 bits per heavy atom. The number of nitrogens with zero attached hydrogens (tertiary/aromatic N) is 4. The number of hydrogen-bond acceptors (Lipinski definition) is 6. The van der Waals surface area contributed by atoms with Crippen molar-refractivity contribution < 1.29 is 13.9 Å². The Kier molecular flexibility index (Phi) is 6.35. The zero-order valence-corrected chi connectivity index (χ0v) is 19.2. The fourth-order valence-corrected chi connectivity index (χ4v) is 3.47. The summed E-state index contributed by atoms with van der Waals surface area (Å²) in [6.45, 7) is 1.82. The molecule has 0 saturated carbocycles. The maximum Gasteiger partial charge on any atom is 0.255 e. The quantitative estimate of drug-likeness (QED) is 0.301. The van der Waals surface area contributed by atoms with Crippen molar-refractivity contribution in [3.8, 4) is 17.3 Å². The third-order valence-electron chi connectivity index (χ3n) is 5.12. The van der Waals surface area contributed by atoms with Gasteiger partial charge in [0.2, 0.25) is 0 Å². The van der Waals surface area contributed by atoms with E-state index >= 15 is 0 Å². The molecule has 0 atom stereocenters. The lowest BCUT2D eigenvalue weighted by Gasteiger charge is -2.11. The summed E-state index contributed by atoms with van der Waals surface area (Å²) in [6, 6.07) is 23.4. The summed E-state index contributed by atoms with van der Waals surface area (Å²) in [5.41, 5.74) is 1.86. The molecule has 8 nitrogen and oxygen atoms in total. The zero-order chi connectivity index (χ0) is 24.9. The third-order valence-corrected chi connectivity index (χ3v) is 5.12. The number of carbonyl (C=O) groups is 1. The van der Waals surface area contributed by atoms with Crippen LogP contribution in [0.5, 0.6) is 11.5 Å². The van der Waals surface area contributed by atoms with Crippen LogP contribution < -0.4 is 15.4 Å². The molecule has 2 aromatic heterocycles. The Bertz CT molecular complexity index is 1490. The van der Waals surface area contributed by atoms with Crippen LogP contribution in [0.2, 0.25) is 0 Å². The fraction of sp³-hybridized carbons (Fsp3) is 0.0370. The molecule has 0 bridgehead atoms. The lowest BCUT2D eigenvalue weighted by Crippen LogP contribution is -2.11. The van der Waals surface area contributed by atoms with Crippen molar-refractivity contribution in [3.63, 3.8) is 0 Å². The Labute approximate surface area is 206 Å². The summed E-state index contributed by atoms with van der Waals surface area (Å²) in [6.07, 6.45) is 3.50. The molecule has 5 aromatic rings. The first kappa shape index (κ1) is 22.7. The second-order valence-corrected chi connectivity index (χ2v) is 7.85. The normalized spacial score (nSPS) is 10.6. The van der Waals surface area contributed by atoms with Crippen molar-refractivity contribution in [2.45, 2.75) is 6.92 Å². The van der Waals surface area contributed by atoms with Crippen LogP contribution in [0.4, 0.5) is 21.6 Å². The Balaban J connectivity index is 1.24. The summed E-state index contributed by atoms with van der Waals surface area (Å²) >= 11 is 0. The molecule has 0 aliphatic rings. The van der Waals surface area contributed by atoms with Crippen molar-refractivity contribution in [3.05, 3.63) is 115 Å². The summed E-state index contributed by atoms with van der Waals surface area (Å²) in [5, 5.41) is 10.3. The first-order valence-electron chi connectivity index (χ1n) is 11.1. The second-order valence-electron chi connectivity index (χ2n) is 7.85. The minimum Gasteiger partial charge on any atom is -0.457 e. The van der Waals surface area contributed by atoms with Gasteiger partial charge in [0, 0.05) is 35.4 Å². The highest BCUT2D eigenvalue weighted by Gasteiger charge is 2.09. The van der Waals surface area contributed by atoms with Gasteiger partial charge in [-0.25, -0.2) is 19.0 Å². The Morgan fingerprint density at radius 1 is 0.889 bits per heavy atom. The van der Waals surface area contributed by atoms with Gasteiger partial charge in [-0.3, -0.25) is 4.79 Å². The molecule has 0 unspecified atom stereocenters. The van der Waals surface area contributed by atoms with Crippen LogP contribution in [0.3, 0.4) is 0 Å². The maximum atomic E-state index is 13.1. The van der Waals surface area contributed by atoms with Gasteiger partial charge in [0.05, 0.1) is 0 Å². The SMILES string of the molecule is Cc1nc(Nc2ccc(NC(=O)c3cccc(Oc4ccc(F)cc4)c3)cc2)cc(-n2cccn2)n1. The Morgan fingerprint density at radius 3 is 2.42 bits per heavy atom. The number of carbonyl (C=O) groups excluding carboxylic acids is 1. The molecular weight excluding hydrogens is 459 g/mol. The van der Waals surface area contributed by atoms with Crippen LogP contribution >= 0.6 is 0 Å². The van der Waals surface area contributed by atoms with Gasteiger partial charge in [-0.05, 0) is 79.7 Å². The van der Waals surface area contributed by atoms with Gasteiger partial charge in [0.25, 0.3) is 5.91 Å². The second kappa shape index (κ2) is 10.1. The smallest absolute Gasteiger partial charge is 0.255 e. The van der Waals surface area contributed by atoms with Crippen LogP contribution in [-0.4, -0.2) is 25.7 Å². The highest BCUT2D eigenvalue weighted by atomic mass is 19.1. The highest BCUT2D eigenvalue weighted by Crippen LogP contribution is 2.24. The molecule has 9 heteroatoms. The number of halogens is 1. The van der Waals surface area contributed by atoms with E-state index in [-0.39, 0.29) is 11.7 Å². The average Bonchev–Trinajstić information content (AvgIpc) is 3.42. The van der Waals surface area contributed by atoms with Crippen LogP contribution in [0.25, 0.3) is 5.82 Å². The van der Waals surface area contributed by atoms with Gasteiger partial charge in [0.15, 0.2) is 5.82 Å². The predicted octanol–water partition coefficient (Wildman–Crippen LogP) is 5.90. The van der Waals surface area contributed by atoms with E-state index in [0.29, 0.717) is 40.2 Å². The standard InChI is InChI=1S/C27H21FN6O2/c1-18-30-25(17-26(31-18)34-15-3-14-29-34)32-21-8-10-22(11-9-21)33-27(35)19-4-2-5-24(16-19)36-23-12-6-20(28)7-13-23/h2-17H,1H3,(H,33,35)(H,30,31,32). The molecule has 2 heterocycles. The summed E-state index contributed by atoms with van der Waals surface area (Å²) in [7, 11) is 0. The number of aromatic nitrogens is 4. The summed E-state index contributed by atoms with van der Waals surface area (Å²) in [5.74, 6) is 2.22. The van der Waals surface area contributed by atoms with Gasteiger partial charge >= 0.3 is 0 Å². The molecule has 0 spiro atoms. The molecule has 0 aliphatic carbocycles. The van der Waals surface area contributed by atoms with Crippen LogP contribution in [0.1, 0.15) is 16.2 Å². The van der Waals surface area contributed by atoms with Crippen LogP contribution in [0, 0.1) is 12.7 Å². The van der Waals surface area contributed by atoms with E-state index in [1.807, 2.05) is 31.3 Å². The predicted molar refractivity (Wildman–Crippen MR) is 134 cm³/mol. The van der Waals surface area contributed by atoms with E-state index in [0.717, 1.165) is 5.69 Å². The molecule has 0 aliphatic heterocycles. The molecule has 0 fully saturated rings. The number of hydrogen-bond donors (Lipinski definition) is 2. The first-order chi connectivity index (χ1) is 17.5. The van der Waals surface area contributed by atoms with Crippen LogP contribution in [0.15, 0.2) is 97.3 Å². The molecule has 2 N–H and O–H groups in total. The maximum absolute atomic E-state index is 13.1. The minimum atomic E-state index is -0.345. The molecule has 5 rings (SSSR count). The van der Waals surface area contributed by atoms with Gasteiger partial charge in [-0.1, -0.05) is 6.07 Å². The Hall–Kier alpha value is -5.05. The lowest BCUT2D eigenvalue weighted by molar-refractivity contribution is 0.102. The molecule has 0 saturated heterocycles. The lowest BCUT2D eigenvalue weighted by atomic mass is 10.2. The van der Waals surface area contributed by atoms with E-state index in [4.69, 9.17) is 4.74 Å². The van der Waals surface area contributed by atoms with E-state index in [1.165, 1.54) is 24.3 Å². The van der Waals surface area contributed by atoms with Gasteiger partial charge < -0.3 is 15.4 Å². The summed E-state index contributed by atoms with van der Waals surface area (Å²) < 4.78 is 20.5. The molecule has 0 radical (unpaired) electrons. The van der Waals surface area contributed by atoms with Crippen molar-refractivity contribution in [1.29, 1.82) is 0 Å². The molecular formula is C27H21FN6O2. The zero-order valence-electron chi connectivity index (χ0n) is 19.2. The number of nitrogens with one attached hydrogen (secondary N) is 2. The van der Waals surface area contributed by atoms with Crippen molar-refractivity contribution in [2.75, 3.05) is 10.6 Å². The summed E-state index contributed by atoms with van der Waals surface area (Å²) in [4.78, 5) is 21.6. The number of anilines is 3. The van der Waals surface area contributed by atoms with E-state index in [2.05, 4.69) is 25.7 Å². The third kappa shape index (κ3) is 5.53. The topological polar surface area (TPSA) is 94.0 Å². The monoisotopic (exact) mass is 480 g/mol. The van der Waals surface area contributed by atoms with Crippen molar-refractivity contribution >= 4 is 23.1 Å². The highest BCUT2D eigenvalue weighted by molar-refractivity contribution is 6.04. The van der Waals surface area contributed by atoms with E-state index in [1.54, 1.807) is 53.3 Å². The molecule has 3 aromatic carbocycles. The number of aryl methyl sites for hydroxylation is 1. The van der Waals surface area contributed by atoms with E-state index < -0.39 is 0 Å². The van der Waals surface area contributed by atoms with Gasteiger partial charge in [-0.2, -0.15) is 5.10 Å². The van der Waals surface area contributed by atoms with Crippen molar-refractivity contribution in [2.24, 2.45) is 0 Å². The van der Waals surface area contributed by atoms with Crippen LogP contribution in [-0.2, 0) is 0 Å². The molecule has 36 heavy (non-hydrogen) atoms. The average molecular weight is 481 g/mol. The number of amides is 1. The molecule has 1 amide bonds. The fourth-order valence-electron chi connectivity index (χ4n) is 3.47. The van der Waals surface area contributed by atoms with E-state index in [9.17, 15) is 9.18 Å². The van der Waals surface area contributed by atoms with Gasteiger partial charge in [-0.15, -0.1) is 0 Å².